The minimum atomic E-state index is -3.31. The molecule has 1 aromatic carbocycles. The van der Waals surface area contributed by atoms with Crippen LogP contribution >= 0.6 is 11.6 Å². The van der Waals surface area contributed by atoms with Crippen molar-refractivity contribution in [1.29, 1.82) is 0 Å². The van der Waals surface area contributed by atoms with Gasteiger partial charge in [0.15, 0.2) is 0 Å². The first-order chi connectivity index (χ1) is 12.3. The molecule has 0 radical (unpaired) electrons. The second-order valence-corrected chi connectivity index (χ2v) is 8.65. The highest BCUT2D eigenvalue weighted by atomic mass is 35.5. The van der Waals surface area contributed by atoms with Crippen molar-refractivity contribution in [1.82, 2.24) is 9.71 Å². The van der Waals surface area contributed by atoms with Crippen LogP contribution < -0.4 is 9.62 Å². The second kappa shape index (κ2) is 7.34. The topological polar surface area (TPSA) is 79.4 Å². The van der Waals surface area contributed by atoms with E-state index in [9.17, 15) is 13.2 Å². The lowest BCUT2D eigenvalue weighted by Crippen LogP contribution is -2.30. The van der Waals surface area contributed by atoms with E-state index in [0.29, 0.717) is 23.4 Å². The second-order valence-electron chi connectivity index (χ2n) is 6.18. The van der Waals surface area contributed by atoms with Gasteiger partial charge < -0.3 is 4.90 Å². The van der Waals surface area contributed by atoms with E-state index < -0.39 is 10.0 Å². The lowest BCUT2D eigenvalue weighted by Gasteiger charge is -2.26. The fraction of sp³-hybridized carbons (Fsp3) is 0.333. The quantitative estimate of drug-likeness (QED) is 0.847. The number of carbonyl (C=O) groups is 1. The molecule has 0 fully saturated rings. The van der Waals surface area contributed by atoms with Gasteiger partial charge in [-0.05, 0) is 36.6 Å². The van der Waals surface area contributed by atoms with Gasteiger partial charge in [-0.15, -0.1) is 0 Å². The van der Waals surface area contributed by atoms with Gasteiger partial charge in [0.1, 0.15) is 0 Å². The fourth-order valence-corrected chi connectivity index (χ4v) is 3.78. The first kappa shape index (κ1) is 18.8. The molecule has 1 aliphatic rings. The summed E-state index contributed by atoms with van der Waals surface area (Å²) in [6.07, 6.45) is 4.40. The maximum Gasteiger partial charge on any atom is 0.227 e. The number of carbonyl (C=O) groups excluding carboxylic acids is 1. The highest BCUT2D eigenvalue weighted by Gasteiger charge is 2.21. The van der Waals surface area contributed by atoms with Crippen LogP contribution in [0.2, 0.25) is 5.02 Å². The number of aryl methyl sites for hydroxylation is 1. The van der Waals surface area contributed by atoms with Crippen molar-refractivity contribution >= 4 is 33.2 Å². The summed E-state index contributed by atoms with van der Waals surface area (Å²) < 4.78 is 25.8. The number of halogens is 1. The first-order valence-corrected chi connectivity index (χ1v) is 10.3. The average molecular weight is 394 g/mol. The third-order valence-electron chi connectivity index (χ3n) is 4.55. The Balaban J connectivity index is 1.93. The zero-order valence-corrected chi connectivity index (χ0v) is 16.2. The van der Waals surface area contributed by atoms with E-state index in [4.69, 9.17) is 11.6 Å². The number of sulfonamides is 1. The maximum atomic E-state index is 11.8. The summed E-state index contributed by atoms with van der Waals surface area (Å²) in [7, 11) is -1.54. The fourth-order valence-electron chi connectivity index (χ4n) is 2.93. The predicted octanol–water partition coefficient (Wildman–Crippen LogP) is 2.75. The van der Waals surface area contributed by atoms with Gasteiger partial charge in [0.2, 0.25) is 15.9 Å². The van der Waals surface area contributed by atoms with E-state index in [1.54, 1.807) is 31.3 Å². The number of nitrogens with zero attached hydrogens (tertiary/aromatic N) is 2. The largest absolute Gasteiger partial charge is 0.315 e. The number of benzene rings is 1. The van der Waals surface area contributed by atoms with Crippen LogP contribution in [0.25, 0.3) is 11.1 Å². The number of amides is 1. The summed E-state index contributed by atoms with van der Waals surface area (Å²) in [4.78, 5) is 17.7. The van der Waals surface area contributed by atoms with Gasteiger partial charge in [0.05, 0.1) is 10.8 Å². The lowest BCUT2D eigenvalue weighted by atomic mass is 9.96. The number of hydrogen-bond acceptors (Lipinski definition) is 4. The maximum absolute atomic E-state index is 11.8. The van der Waals surface area contributed by atoms with Crippen LogP contribution in [0, 0.1) is 0 Å². The summed E-state index contributed by atoms with van der Waals surface area (Å²) in [6, 6.07) is 5.82. The molecule has 0 atom stereocenters. The molecule has 1 N–H and O–H groups in total. The van der Waals surface area contributed by atoms with Gasteiger partial charge >= 0.3 is 0 Å². The molecule has 26 heavy (non-hydrogen) atoms. The van der Waals surface area contributed by atoms with Crippen LogP contribution in [0.3, 0.4) is 0 Å². The van der Waals surface area contributed by atoms with E-state index in [2.05, 4.69) is 9.71 Å². The summed E-state index contributed by atoms with van der Waals surface area (Å²) in [6.45, 7) is 1.67. The van der Waals surface area contributed by atoms with Crippen molar-refractivity contribution in [2.24, 2.45) is 0 Å². The molecule has 2 heterocycles. The van der Waals surface area contributed by atoms with Gasteiger partial charge in [0.25, 0.3) is 0 Å². The molecule has 1 aromatic heterocycles. The summed E-state index contributed by atoms with van der Waals surface area (Å²) in [5.41, 5.74) is 4.23. The molecule has 0 saturated heterocycles. The van der Waals surface area contributed by atoms with Crippen LogP contribution in [-0.2, 0) is 27.8 Å². The third-order valence-corrected chi connectivity index (χ3v) is 6.34. The molecule has 8 heteroatoms. The van der Waals surface area contributed by atoms with Crippen LogP contribution in [0.1, 0.15) is 24.5 Å². The number of anilines is 1. The molecule has 1 aliphatic heterocycles. The molecule has 0 saturated carbocycles. The van der Waals surface area contributed by atoms with Crippen LogP contribution in [0.4, 0.5) is 5.69 Å². The number of pyridine rings is 1. The molecular formula is C18H20ClN3O3S. The van der Waals surface area contributed by atoms with E-state index in [1.165, 1.54) is 0 Å². The number of rotatable bonds is 5. The van der Waals surface area contributed by atoms with Gasteiger partial charge in [-0.2, -0.15) is 0 Å². The molecular weight excluding hydrogens is 374 g/mol. The number of nitrogens with one attached hydrogen (secondary N) is 1. The molecule has 0 bridgehead atoms. The lowest BCUT2D eigenvalue weighted by molar-refractivity contribution is -0.118. The van der Waals surface area contributed by atoms with Crippen LogP contribution in [0.5, 0.6) is 0 Å². The van der Waals surface area contributed by atoms with E-state index in [0.717, 1.165) is 22.4 Å². The van der Waals surface area contributed by atoms with Crippen molar-refractivity contribution in [2.75, 3.05) is 17.7 Å². The summed E-state index contributed by atoms with van der Waals surface area (Å²) >= 11 is 6.51. The van der Waals surface area contributed by atoms with Crippen LogP contribution in [0.15, 0.2) is 30.6 Å². The summed E-state index contributed by atoms with van der Waals surface area (Å²) in [5.74, 6) is 0.115. The molecule has 138 valence electrons. The molecule has 0 aliphatic carbocycles. The average Bonchev–Trinajstić information content (AvgIpc) is 2.64. The Morgan fingerprint density at radius 3 is 2.77 bits per heavy atom. The van der Waals surface area contributed by atoms with Crippen molar-refractivity contribution < 1.29 is 13.2 Å². The highest BCUT2D eigenvalue weighted by molar-refractivity contribution is 7.89. The Labute approximate surface area is 158 Å². The Morgan fingerprint density at radius 1 is 1.27 bits per heavy atom. The smallest absolute Gasteiger partial charge is 0.227 e. The van der Waals surface area contributed by atoms with Crippen molar-refractivity contribution in [2.45, 2.75) is 26.3 Å². The molecule has 1 amide bonds. The molecule has 3 rings (SSSR count). The zero-order chi connectivity index (χ0) is 18.9. The van der Waals surface area contributed by atoms with E-state index >= 15 is 0 Å². The van der Waals surface area contributed by atoms with E-state index in [-0.39, 0.29) is 18.2 Å². The minimum absolute atomic E-state index is 0.00873. The normalized spacial score (nSPS) is 14.4. The number of fused-ring (bicyclic) bond motifs is 1. The molecule has 0 unspecified atom stereocenters. The van der Waals surface area contributed by atoms with Crippen LogP contribution in [-0.4, -0.2) is 32.1 Å². The standard InChI is InChI=1S/C18H20ClN3O3S/c1-3-26(24,25)21-10-14-9-20-11-15(18(14)19)12-4-6-16-13(8-12)5-7-17(23)22(16)2/h4,6,8-9,11,21H,3,5,7,10H2,1-2H3. The van der Waals surface area contributed by atoms with Crippen molar-refractivity contribution in [3.8, 4) is 11.1 Å². The third kappa shape index (κ3) is 3.75. The zero-order valence-electron chi connectivity index (χ0n) is 14.6. The Morgan fingerprint density at radius 2 is 2.04 bits per heavy atom. The molecule has 2 aromatic rings. The van der Waals surface area contributed by atoms with Crippen molar-refractivity contribution in [3.05, 3.63) is 46.7 Å². The van der Waals surface area contributed by atoms with E-state index in [1.807, 2.05) is 18.2 Å². The van der Waals surface area contributed by atoms with Gasteiger partial charge in [0, 0.05) is 49.2 Å². The van der Waals surface area contributed by atoms with Crippen molar-refractivity contribution in [3.63, 3.8) is 0 Å². The Kier molecular flexibility index (Phi) is 5.32. The predicted molar refractivity (Wildman–Crippen MR) is 103 cm³/mol. The number of aromatic nitrogens is 1. The summed E-state index contributed by atoms with van der Waals surface area (Å²) in [5, 5.41) is 0.471. The highest BCUT2D eigenvalue weighted by Crippen LogP contribution is 2.35. The monoisotopic (exact) mass is 393 g/mol. The van der Waals surface area contributed by atoms with Gasteiger partial charge in [-0.3, -0.25) is 9.78 Å². The number of hydrogen-bond donors (Lipinski definition) is 1. The minimum Gasteiger partial charge on any atom is -0.315 e. The first-order valence-electron chi connectivity index (χ1n) is 8.32. The molecule has 0 spiro atoms. The molecule has 6 nitrogen and oxygen atoms in total. The van der Waals surface area contributed by atoms with Gasteiger partial charge in [-0.25, -0.2) is 13.1 Å². The SMILES string of the molecule is CCS(=O)(=O)NCc1cncc(-c2ccc3c(c2)CCC(=O)N3C)c1Cl. The van der Waals surface area contributed by atoms with Gasteiger partial charge in [-0.1, -0.05) is 17.7 Å². The Bertz CT molecular complexity index is 960. The Hall–Kier alpha value is -1.96.